The second-order valence-corrected chi connectivity index (χ2v) is 3.63. The fraction of sp³-hybridized carbons (Fsp3) is 0.778. The molecule has 0 amide bonds. The van der Waals surface area contributed by atoms with Crippen molar-refractivity contribution in [1.29, 1.82) is 0 Å². The molecule has 4 heteroatoms. The molecule has 1 aliphatic rings. The van der Waals surface area contributed by atoms with Gasteiger partial charge in [0.1, 0.15) is 11.6 Å². The van der Waals surface area contributed by atoms with Crippen LogP contribution in [0, 0.1) is 5.92 Å². The lowest BCUT2D eigenvalue weighted by Gasteiger charge is -2.04. The van der Waals surface area contributed by atoms with Gasteiger partial charge in [-0.15, -0.1) is 10.2 Å². The van der Waals surface area contributed by atoms with Crippen molar-refractivity contribution in [3.63, 3.8) is 0 Å². The lowest BCUT2D eigenvalue weighted by atomic mass is 10.3. The first-order chi connectivity index (χ1) is 6.35. The maximum atomic E-state index is 5.56. The maximum Gasteiger partial charge on any atom is 0.146 e. The fourth-order valence-corrected chi connectivity index (χ4v) is 1.62. The van der Waals surface area contributed by atoms with E-state index >= 15 is 0 Å². The molecular weight excluding hydrogens is 164 g/mol. The van der Waals surface area contributed by atoms with E-state index in [9.17, 15) is 0 Å². The number of nitrogens with two attached hydrogens (primary N) is 1. The van der Waals surface area contributed by atoms with E-state index in [2.05, 4.69) is 21.7 Å². The van der Waals surface area contributed by atoms with Gasteiger partial charge in [0, 0.05) is 13.0 Å². The van der Waals surface area contributed by atoms with Gasteiger partial charge in [-0.05, 0) is 25.7 Å². The molecular formula is C9H16N4. The highest BCUT2D eigenvalue weighted by atomic mass is 15.3. The molecule has 13 heavy (non-hydrogen) atoms. The zero-order chi connectivity index (χ0) is 9.26. The number of hydrogen-bond donors (Lipinski definition) is 1. The van der Waals surface area contributed by atoms with Crippen molar-refractivity contribution in [2.24, 2.45) is 11.7 Å². The Kier molecular flexibility index (Phi) is 2.31. The lowest BCUT2D eigenvalue weighted by Crippen LogP contribution is -2.10. The smallest absolute Gasteiger partial charge is 0.146 e. The van der Waals surface area contributed by atoms with Gasteiger partial charge in [0.25, 0.3) is 0 Å². The van der Waals surface area contributed by atoms with E-state index in [1.807, 2.05) is 0 Å². The van der Waals surface area contributed by atoms with Crippen molar-refractivity contribution in [3.05, 3.63) is 11.6 Å². The summed E-state index contributed by atoms with van der Waals surface area (Å²) in [6, 6.07) is 0. The molecule has 0 radical (unpaired) electrons. The summed E-state index contributed by atoms with van der Waals surface area (Å²) in [6.07, 6.45) is 3.80. The van der Waals surface area contributed by atoms with Crippen LogP contribution < -0.4 is 5.73 Å². The summed E-state index contributed by atoms with van der Waals surface area (Å²) in [7, 11) is 0. The van der Waals surface area contributed by atoms with Crippen LogP contribution >= 0.6 is 0 Å². The minimum atomic E-state index is 0.492. The number of nitrogens with zero attached hydrogens (tertiary/aromatic N) is 3. The third kappa shape index (κ3) is 1.72. The summed E-state index contributed by atoms with van der Waals surface area (Å²) >= 11 is 0. The van der Waals surface area contributed by atoms with Crippen molar-refractivity contribution in [2.75, 3.05) is 0 Å². The van der Waals surface area contributed by atoms with Crippen molar-refractivity contribution in [3.8, 4) is 0 Å². The van der Waals surface area contributed by atoms with Crippen molar-refractivity contribution >= 4 is 0 Å². The summed E-state index contributed by atoms with van der Waals surface area (Å²) in [5.41, 5.74) is 5.56. The number of rotatable bonds is 4. The zero-order valence-electron chi connectivity index (χ0n) is 8.03. The van der Waals surface area contributed by atoms with Gasteiger partial charge in [0.2, 0.25) is 0 Å². The van der Waals surface area contributed by atoms with Crippen LogP contribution in [0.5, 0.6) is 0 Å². The molecule has 72 valence electrons. The van der Waals surface area contributed by atoms with Crippen LogP contribution in [0.3, 0.4) is 0 Å². The molecule has 1 saturated carbocycles. The highest BCUT2D eigenvalue weighted by molar-refractivity contribution is 4.98. The quantitative estimate of drug-likeness (QED) is 0.742. The van der Waals surface area contributed by atoms with Gasteiger partial charge in [0.05, 0.1) is 6.54 Å². The van der Waals surface area contributed by atoms with Gasteiger partial charge in [-0.2, -0.15) is 0 Å². The first-order valence-electron chi connectivity index (χ1n) is 4.96. The molecule has 2 rings (SSSR count). The van der Waals surface area contributed by atoms with Crippen LogP contribution in [-0.4, -0.2) is 14.8 Å². The normalized spacial score (nSPS) is 16.5. The van der Waals surface area contributed by atoms with Crippen LogP contribution in [-0.2, 0) is 19.5 Å². The first kappa shape index (κ1) is 8.69. The predicted molar refractivity (Wildman–Crippen MR) is 50.0 cm³/mol. The average Bonchev–Trinajstić information content (AvgIpc) is 2.85. The lowest BCUT2D eigenvalue weighted by molar-refractivity contribution is 0.636. The van der Waals surface area contributed by atoms with E-state index in [1.165, 1.54) is 12.8 Å². The fourth-order valence-electron chi connectivity index (χ4n) is 1.62. The van der Waals surface area contributed by atoms with Gasteiger partial charge >= 0.3 is 0 Å². The largest absolute Gasteiger partial charge is 0.324 e. The van der Waals surface area contributed by atoms with Crippen LogP contribution in [0.15, 0.2) is 0 Å². The monoisotopic (exact) mass is 180 g/mol. The summed E-state index contributed by atoms with van der Waals surface area (Å²) < 4.78 is 2.14. The Balaban J connectivity index is 2.17. The molecule has 1 heterocycles. The number of aromatic nitrogens is 3. The highest BCUT2D eigenvalue weighted by Gasteiger charge is 2.24. The van der Waals surface area contributed by atoms with Crippen LogP contribution in [0.2, 0.25) is 0 Å². The van der Waals surface area contributed by atoms with E-state index < -0.39 is 0 Å². The van der Waals surface area contributed by atoms with Crippen LogP contribution in [0.25, 0.3) is 0 Å². The Bertz CT molecular complexity index is 288. The average molecular weight is 180 g/mol. The van der Waals surface area contributed by atoms with Gasteiger partial charge in [-0.3, -0.25) is 0 Å². The van der Waals surface area contributed by atoms with Crippen LogP contribution in [0.4, 0.5) is 0 Å². The molecule has 0 bridgehead atoms. The van der Waals surface area contributed by atoms with Crippen molar-refractivity contribution < 1.29 is 0 Å². The van der Waals surface area contributed by atoms with Crippen LogP contribution in [0.1, 0.15) is 31.4 Å². The first-order valence-corrected chi connectivity index (χ1v) is 4.96. The van der Waals surface area contributed by atoms with E-state index in [4.69, 9.17) is 5.73 Å². The standard InChI is InChI=1S/C9H16N4/c1-2-13-8(5-7-3-4-7)11-12-9(13)6-10/h7H,2-6,10H2,1H3. The third-order valence-electron chi connectivity index (χ3n) is 2.57. The molecule has 1 fully saturated rings. The molecule has 2 N–H and O–H groups in total. The number of hydrogen-bond acceptors (Lipinski definition) is 3. The minimum Gasteiger partial charge on any atom is -0.324 e. The Morgan fingerprint density at radius 2 is 2.08 bits per heavy atom. The SMILES string of the molecule is CCn1c(CN)nnc1CC1CC1. The molecule has 1 aliphatic carbocycles. The molecule has 0 unspecified atom stereocenters. The van der Waals surface area contributed by atoms with Crippen molar-refractivity contribution in [1.82, 2.24) is 14.8 Å². The zero-order valence-corrected chi connectivity index (χ0v) is 8.03. The van der Waals surface area contributed by atoms with E-state index in [1.54, 1.807) is 0 Å². The minimum absolute atomic E-state index is 0.492. The highest BCUT2D eigenvalue weighted by Crippen LogP contribution is 2.32. The van der Waals surface area contributed by atoms with Crippen molar-refractivity contribution in [2.45, 2.75) is 39.3 Å². The molecule has 0 aromatic carbocycles. The Labute approximate surface area is 78.1 Å². The molecule has 0 saturated heterocycles. The topological polar surface area (TPSA) is 56.7 Å². The summed E-state index contributed by atoms with van der Waals surface area (Å²) in [5.74, 6) is 2.89. The summed E-state index contributed by atoms with van der Waals surface area (Å²) in [6.45, 7) is 3.53. The Morgan fingerprint density at radius 1 is 1.38 bits per heavy atom. The van der Waals surface area contributed by atoms with E-state index in [-0.39, 0.29) is 0 Å². The molecule has 4 nitrogen and oxygen atoms in total. The van der Waals surface area contributed by atoms with Gasteiger partial charge in [-0.1, -0.05) is 0 Å². The van der Waals surface area contributed by atoms with Gasteiger partial charge in [-0.25, -0.2) is 0 Å². The Morgan fingerprint density at radius 3 is 2.62 bits per heavy atom. The second kappa shape index (κ2) is 3.46. The maximum absolute atomic E-state index is 5.56. The van der Waals surface area contributed by atoms with Gasteiger partial charge < -0.3 is 10.3 Å². The second-order valence-electron chi connectivity index (χ2n) is 3.63. The predicted octanol–water partition coefficient (Wildman–Crippen LogP) is 0.709. The van der Waals surface area contributed by atoms with E-state index in [0.717, 1.165) is 30.5 Å². The van der Waals surface area contributed by atoms with E-state index in [0.29, 0.717) is 6.54 Å². The Hall–Kier alpha value is -0.900. The third-order valence-corrected chi connectivity index (χ3v) is 2.57. The molecule has 1 aromatic rings. The van der Waals surface area contributed by atoms with Gasteiger partial charge in [0.15, 0.2) is 0 Å². The summed E-state index contributed by atoms with van der Waals surface area (Å²) in [5, 5.41) is 8.25. The summed E-state index contributed by atoms with van der Waals surface area (Å²) in [4.78, 5) is 0. The molecule has 1 aromatic heterocycles. The molecule has 0 aliphatic heterocycles. The molecule has 0 atom stereocenters. The molecule has 0 spiro atoms.